The van der Waals surface area contributed by atoms with Crippen molar-refractivity contribution in [1.29, 1.82) is 0 Å². The highest BCUT2D eigenvalue weighted by Gasteiger charge is 2.33. The molecule has 0 bridgehead atoms. The van der Waals surface area contributed by atoms with Crippen LogP contribution in [0, 0.1) is 0 Å². The molecule has 0 unspecified atom stereocenters. The zero-order valence-corrected chi connectivity index (χ0v) is 9.28. The molecule has 0 amide bonds. The zero-order valence-electron chi connectivity index (χ0n) is 8.52. The first-order valence-electron chi connectivity index (χ1n) is 5.10. The average molecular weight is 250 g/mol. The van der Waals surface area contributed by atoms with Crippen molar-refractivity contribution in [3.63, 3.8) is 0 Å². The minimum absolute atomic E-state index is 0.240. The van der Waals surface area contributed by atoms with Crippen LogP contribution < -0.4 is 4.90 Å². The van der Waals surface area contributed by atoms with Crippen LogP contribution in [0.3, 0.4) is 0 Å². The lowest BCUT2D eigenvalue weighted by atomic mass is 10.2. The number of anilines is 1. The van der Waals surface area contributed by atoms with E-state index in [1.807, 2.05) is 4.90 Å². The van der Waals surface area contributed by atoms with Crippen LogP contribution in [0.4, 0.5) is 18.9 Å². The first-order valence-corrected chi connectivity index (χ1v) is 5.48. The van der Waals surface area contributed by atoms with Gasteiger partial charge in [0.25, 0.3) is 0 Å². The number of benzene rings is 1. The third-order valence-corrected chi connectivity index (χ3v) is 3.06. The van der Waals surface area contributed by atoms with E-state index in [0.29, 0.717) is 5.69 Å². The molecule has 1 aromatic rings. The van der Waals surface area contributed by atoms with Gasteiger partial charge in [-0.25, -0.2) is 0 Å². The molecule has 1 heterocycles. The molecular weight excluding hydrogens is 239 g/mol. The fourth-order valence-corrected chi connectivity index (χ4v) is 2.13. The number of alkyl halides is 3. The van der Waals surface area contributed by atoms with E-state index in [4.69, 9.17) is 11.6 Å². The molecule has 1 aromatic carbocycles. The summed E-state index contributed by atoms with van der Waals surface area (Å²) in [6, 6.07) is 4.09. The fraction of sp³-hybridized carbons (Fsp3) is 0.455. The van der Waals surface area contributed by atoms with Crippen LogP contribution in [0.15, 0.2) is 18.2 Å². The molecule has 0 radical (unpaired) electrons. The molecule has 88 valence electrons. The summed E-state index contributed by atoms with van der Waals surface area (Å²) in [6.07, 6.45) is -2.32. The van der Waals surface area contributed by atoms with Gasteiger partial charge in [-0.2, -0.15) is 13.2 Å². The Morgan fingerprint density at radius 1 is 1.12 bits per heavy atom. The van der Waals surface area contributed by atoms with E-state index >= 15 is 0 Å². The minimum Gasteiger partial charge on any atom is -0.372 e. The van der Waals surface area contributed by atoms with Crippen molar-refractivity contribution in [1.82, 2.24) is 0 Å². The zero-order chi connectivity index (χ0) is 11.8. The van der Waals surface area contributed by atoms with E-state index in [2.05, 4.69) is 0 Å². The fourth-order valence-electron chi connectivity index (χ4n) is 1.90. The number of hydrogen-bond donors (Lipinski definition) is 0. The maximum absolute atomic E-state index is 12.6. The Morgan fingerprint density at radius 3 is 2.31 bits per heavy atom. The molecule has 0 N–H and O–H groups in total. The molecule has 2 rings (SSSR count). The van der Waals surface area contributed by atoms with Crippen molar-refractivity contribution < 1.29 is 13.2 Å². The van der Waals surface area contributed by atoms with E-state index in [9.17, 15) is 13.2 Å². The van der Waals surface area contributed by atoms with Gasteiger partial charge in [0, 0.05) is 18.8 Å². The van der Waals surface area contributed by atoms with Crippen molar-refractivity contribution in [2.75, 3.05) is 18.0 Å². The summed E-state index contributed by atoms with van der Waals surface area (Å²) in [5, 5.41) is -0.240. The lowest BCUT2D eigenvalue weighted by Crippen LogP contribution is -2.18. The van der Waals surface area contributed by atoms with Crippen molar-refractivity contribution in [2.45, 2.75) is 19.0 Å². The Labute approximate surface area is 96.8 Å². The van der Waals surface area contributed by atoms with Gasteiger partial charge in [-0.15, -0.1) is 0 Å². The first kappa shape index (κ1) is 11.6. The van der Waals surface area contributed by atoms with Crippen molar-refractivity contribution in [3.05, 3.63) is 28.8 Å². The molecular formula is C11H11ClF3N. The molecule has 0 aliphatic carbocycles. The summed E-state index contributed by atoms with van der Waals surface area (Å²) in [7, 11) is 0. The maximum atomic E-state index is 12.6. The lowest BCUT2D eigenvalue weighted by Gasteiger charge is -2.19. The smallest absolute Gasteiger partial charge is 0.372 e. The minimum atomic E-state index is -4.38. The van der Waals surface area contributed by atoms with E-state index in [0.717, 1.165) is 32.0 Å². The summed E-state index contributed by atoms with van der Waals surface area (Å²) in [5.74, 6) is 0. The van der Waals surface area contributed by atoms with Crippen molar-refractivity contribution in [3.8, 4) is 0 Å². The summed E-state index contributed by atoms with van der Waals surface area (Å²) < 4.78 is 37.8. The Hall–Kier alpha value is -0.900. The summed E-state index contributed by atoms with van der Waals surface area (Å²) in [4.78, 5) is 1.95. The second-order valence-electron chi connectivity index (χ2n) is 3.86. The van der Waals surface area contributed by atoms with Gasteiger partial charge in [0.15, 0.2) is 0 Å². The predicted molar refractivity (Wildman–Crippen MR) is 57.9 cm³/mol. The molecule has 1 saturated heterocycles. The largest absolute Gasteiger partial charge is 0.417 e. The SMILES string of the molecule is FC(F)(F)c1cc(N2CCCC2)ccc1Cl. The molecule has 16 heavy (non-hydrogen) atoms. The molecule has 0 saturated carbocycles. The van der Waals surface area contributed by atoms with Gasteiger partial charge >= 0.3 is 6.18 Å². The number of hydrogen-bond acceptors (Lipinski definition) is 1. The van der Waals surface area contributed by atoms with Crippen LogP contribution in [-0.4, -0.2) is 13.1 Å². The van der Waals surface area contributed by atoms with Crippen LogP contribution in [0.25, 0.3) is 0 Å². The predicted octanol–water partition coefficient (Wildman–Crippen LogP) is 3.96. The number of nitrogens with zero attached hydrogens (tertiary/aromatic N) is 1. The molecule has 5 heteroatoms. The van der Waals surface area contributed by atoms with Gasteiger partial charge in [-0.1, -0.05) is 11.6 Å². The Morgan fingerprint density at radius 2 is 1.75 bits per heavy atom. The second-order valence-corrected chi connectivity index (χ2v) is 4.26. The topological polar surface area (TPSA) is 3.24 Å². The summed E-state index contributed by atoms with van der Waals surface area (Å²) in [5.41, 5.74) is -0.146. The van der Waals surface area contributed by atoms with E-state index < -0.39 is 11.7 Å². The van der Waals surface area contributed by atoms with E-state index in [1.165, 1.54) is 6.07 Å². The second kappa shape index (κ2) is 4.17. The van der Waals surface area contributed by atoms with Crippen LogP contribution in [0.5, 0.6) is 0 Å². The average Bonchev–Trinajstić information content (AvgIpc) is 2.69. The van der Waals surface area contributed by atoms with Gasteiger partial charge in [-0.3, -0.25) is 0 Å². The third-order valence-electron chi connectivity index (χ3n) is 2.73. The normalized spacial score (nSPS) is 16.9. The Bertz CT molecular complexity index is 383. The highest BCUT2D eigenvalue weighted by atomic mass is 35.5. The van der Waals surface area contributed by atoms with Gasteiger partial charge in [-0.05, 0) is 31.0 Å². The Kier molecular flexibility index (Phi) is 3.02. The van der Waals surface area contributed by atoms with Crippen molar-refractivity contribution in [2.24, 2.45) is 0 Å². The van der Waals surface area contributed by atoms with Gasteiger partial charge in [0.1, 0.15) is 0 Å². The lowest BCUT2D eigenvalue weighted by molar-refractivity contribution is -0.137. The quantitative estimate of drug-likeness (QED) is 0.728. The first-order chi connectivity index (χ1) is 7.48. The van der Waals surface area contributed by atoms with Crippen LogP contribution in [-0.2, 0) is 6.18 Å². The molecule has 0 aromatic heterocycles. The van der Waals surface area contributed by atoms with Crippen LogP contribution >= 0.6 is 11.6 Å². The number of halogens is 4. The van der Waals surface area contributed by atoms with Crippen molar-refractivity contribution >= 4 is 17.3 Å². The number of rotatable bonds is 1. The molecule has 1 nitrogen and oxygen atoms in total. The Balaban J connectivity index is 2.35. The molecule has 0 spiro atoms. The van der Waals surface area contributed by atoms with Crippen LogP contribution in [0.2, 0.25) is 5.02 Å². The maximum Gasteiger partial charge on any atom is 0.417 e. The van der Waals surface area contributed by atoms with Gasteiger partial charge in [0.2, 0.25) is 0 Å². The molecule has 1 aliphatic heterocycles. The van der Waals surface area contributed by atoms with Gasteiger partial charge in [0.05, 0.1) is 10.6 Å². The standard InChI is InChI=1S/C11H11ClF3N/c12-10-4-3-8(16-5-1-2-6-16)7-9(10)11(13,14)15/h3-4,7H,1-2,5-6H2. The summed E-state index contributed by atoms with van der Waals surface area (Å²) in [6.45, 7) is 1.64. The molecule has 0 atom stereocenters. The van der Waals surface area contributed by atoms with Crippen LogP contribution in [0.1, 0.15) is 18.4 Å². The van der Waals surface area contributed by atoms with E-state index in [-0.39, 0.29) is 5.02 Å². The van der Waals surface area contributed by atoms with E-state index in [1.54, 1.807) is 6.07 Å². The highest BCUT2D eigenvalue weighted by molar-refractivity contribution is 6.31. The monoisotopic (exact) mass is 249 g/mol. The van der Waals surface area contributed by atoms with Gasteiger partial charge < -0.3 is 4.90 Å². The third kappa shape index (κ3) is 2.26. The highest BCUT2D eigenvalue weighted by Crippen LogP contribution is 2.37. The molecule has 1 fully saturated rings. The summed E-state index contributed by atoms with van der Waals surface area (Å²) >= 11 is 5.55. The molecule has 1 aliphatic rings.